The van der Waals surface area contributed by atoms with Crippen LogP contribution in [0, 0.1) is 5.92 Å². The summed E-state index contributed by atoms with van der Waals surface area (Å²) in [7, 11) is 2.24. The molecule has 3 atom stereocenters. The van der Waals surface area contributed by atoms with E-state index < -0.39 is 0 Å². The lowest BCUT2D eigenvalue weighted by Crippen LogP contribution is -2.48. The topological polar surface area (TPSA) is 12.5 Å². The number of nitrogens with zero attached hydrogens (tertiary/aromatic N) is 1. The highest BCUT2D eigenvalue weighted by atomic mass is 16.5. The summed E-state index contributed by atoms with van der Waals surface area (Å²) < 4.78 is 5.98. The Bertz CT molecular complexity index is 433. The zero-order chi connectivity index (χ0) is 16.5. The summed E-state index contributed by atoms with van der Waals surface area (Å²) in [5.41, 5.74) is 2.90. The highest BCUT2D eigenvalue weighted by Crippen LogP contribution is 2.35. The molecule has 1 heterocycles. The van der Waals surface area contributed by atoms with E-state index in [1.807, 2.05) is 6.08 Å². The lowest BCUT2D eigenvalue weighted by atomic mass is 9.78. The molecule has 0 aromatic carbocycles. The van der Waals surface area contributed by atoms with Crippen molar-refractivity contribution in [1.82, 2.24) is 4.90 Å². The van der Waals surface area contributed by atoms with Gasteiger partial charge >= 0.3 is 0 Å². The average molecular weight is 303 g/mol. The molecule has 0 amide bonds. The molecule has 124 valence electrons. The van der Waals surface area contributed by atoms with Crippen molar-refractivity contribution in [1.29, 1.82) is 0 Å². The van der Waals surface area contributed by atoms with Crippen molar-refractivity contribution in [2.75, 3.05) is 20.2 Å². The molecule has 2 unspecified atom stereocenters. The van der Waals surface area contributed by atoms with Gasteiger partial charge in [-0.1, -0.05) is 48.1 Å². The summed E-state index contributed by atoms with van der Waals surface area (Å²) in [6.07, 6.45) is 13.0. The van der Waals surface area contributed by atoms with Gasteiger partial charge in [-0.15, -0.1) is 0 Å². The highest BCUT2D eigenvalue weighted by Gasteiger charge is 2.36. The van der Waals surface area contributed by atoms with Crippen molar-refractivity contribution >= 4 is 0 Å². The van der Waals surface area contributed by atoms with E-state index in [2.05, 4.69) is 70.5 Å². The van der Waals surface area contributed by atoms with E-state index in [-0.39, 0.29) is 6.10 Å². The minimum absolute atomic E-state index is 0.241. The van der Waals surface area contributed by atoms with Gasteiger partial charge in [-0.2, -0.15) is 0 Å². The maximum absolute atomic E-state index is 5.98. The monoisotopic (exact) mass is 303 g/mol. The maximum Gasteiger partial charge on any atom is 0.0627 e. The number of piperidine rings is 1. The minimum atomic E-state index is 0.241. The number of rotatable bonds is 7. The second-order valence-electron chi connectivity index (χ2n) is 6.20. The molecule has 0 spiro atoms. The molecular weight excluding hydrogens is 270 g/mol. The Morgan fingerprint density at radius 3 is 2.82 bits per heavy atom. The molecule has 0 aromatic rings. The smallest absolute Gasteiger partial charge is 0.0627 e. The van der Waals surface area contributed by atoms with Crippen LogP contribution < -0.4 is 0 Å². The summed E-state index contributed by atoms with van der Waals surface area (Å²) in [6, 6.07) is 0.489. The van der Waals surface area contributed by atoms with Crippen LogP contribution in [0.3, 0.4) is 0 Å². The maximum atomic E-state index is 5.98. The second-order valence-corrected chi connectivity index (χ2v) is 6.20. The number of hydrogen-bond acceptors (Lipinski definition) is 2. The third kappa shape index (κ3) is 5.26. The van der Waals surface area contributed by atoms with Gasteiger partial charge in [-0.05, 0) is 47.6 Å². The van der Waals surface area contributed by atoms with Crippen molar-refractivity contribution in [2.45, 2.75) is 52.7 Å². The van der Waals surface area contributed by atoms with E-state index in [1.165, 1.54) is 11.1 Å². The van der Waals surface area contributed by atoms with Gasteiger partial charge in [0.2, 0.25) is 0 Å². The van der Waals surface area contributed by atoms with Gasteiger partial charge in [0.1, 0.15) is 0 Å². The summed E-state index contributed by atoms with van der Waals surface area (Å²) >= 11 is 0. The number of hydrogen-bond donors (Lipinski definition) is 0. The minimum Gasteiger partial charge on any atom is -0.378 e. The molecule has 2 nitrogen and oxygen atoms in total. The van der Waals surface area contributed by atoms with Crippen molar-refractivity contribution in [3.8, 4) is 0 Å². The summed E-state index contributed by atoms with van der Waals surface area (Å²) in [5, 5.41) is 0. The predicted octanol–water partition coefficient (Wildman–Crippen LogP) is 4.76. The Hall–Kier alpha value is -1.12. The van der Waals surface area contributed by atoms with Crippen LogP contribution in [0.25, 0.3) is 0 Å². The normalized spacial score (nSPS) is 27.5. The van der Waals surface area contributed by atoms with Gasteiger partial charge in [0.25, 0.3) is 0 Å². The number of allylic oxidation sites excluding steroid dienone is 5. The molecule has 0 bridgehead atoms. The van der Waals surface area contributed by atoms with Crippen LogP contribution >= 0.6 is 0 Å². The number of ether oxygens (including phenoxy) is 1. The Morgan fingerprint density at radius 2 is 2.23 bits per heavy atom. The molecule has 1 saturated heterocycles. The van der Waals surface area contributed by atoms with Crippen molar-refractivity contribution in [2.24, 2.45) is 5.92 Å². The fourth-order valence-electron chi connectivity index (χ4n) is 3.44. The van der Waals surface area contributed by atoms with Gasteiger partial charge in [0, 0.05) is 25.1 Å². The third-order valence-corrected chi connectivity index (χ3v) is 4.53. The van der Waals surface area contributed by atoms with Crippen LogP contribution in [-0.4, -0.2) is 37.2 Å². The summed E-state index contributed by atoms with van der Waals surface area (Å²) in [6.45, 7) is 14.3. The summed E-state index contributed by atoms with van der Waals surface area (Å²) in [4.78, 5) is 2.49. The zero-order valence-corrected chi connectivity index (χ0v) is 15.0. The molecule has 0 N–H and O–H groups in total. The van der Waals surface area contributed by atoms with Crippen molar-refractivity contribution in [3.05, 3.63) is 48.1 Å². The molecule has 1 aliphatic rings. The number of likely N-dealkylation sites (tertiary alicyclic amines) is 1. The van der Waals surface area contributed by atoms with Crippen molar-refractivity contribution < 1.29 is 4.74 Å². The molecule has 1 rings (SSSR count). The fraction of sp³-hybridized carbons (Fsp3) is 0.600. The predicted molar refractivity (Wildman–Crippen MR) is 97.1 cm³/mol. The second kappa shape index (κ2) is 9.81. The molecular formula is C20H33NO. The molecule has 1 fully saturated rings. The lowest BCUT2D eigenvalue weighted by molar-refractivity contribution is 0.00185. The van der Waals surface area contributed by atoms with Gasteiger partial charge in [-0.25, -0.2) is 0 Å². The first kappa shape index (κ1) is 18.9. The fourth-order valence-corrected chi connectivity index (χ4v) is 3.44. The standard InChI is InChI=1S/C20H33NO/c1-7-10-12-18-13-14-21(6)19(15-16(4)11-8-2)20(18)17(5)22-9-3/h7-8,10-12,17,19-20H,2,9,13-15H2,1,3-6H3/b10-7-,16-11+,18-12-/t17?,19-,20?/m1/s1. The molecule has 1 aliphatic heterocycles. The molecule has 0 aliphatic carbocycles. The Labute approximate surface area is 137 Å². The van der Waals surface area contributed by atoms with Crippen molar-refractivity contribution in [3.63, 3.8) is 0 Å². The lowest BCUT2D eigenvalue weighted by Gasteiger charge is -2.43. The van der Waals surface area contributed by atoms with Crippen LogP contribution in [0.1, 0.15) is 40.5 Å². The first-order valence-electron chi connectivity index (χ1n) is 8.46. The van der Waals surface area contributed by atoms with Crippen LogP contribution in [0.5, 0.6) is 0 Å². The molecule has 0 aromatic heterocycles. The van der Waals surface area contributed by atoms with E-state index >= 15 is 0 Å². The molecule has 2 heteroatoms. The Balaban J connectivity index is 3.08. The third-order valence-electron chi connectivity index (χ3n) is 4.53. The van der Waals surface area contributed by atoms with Gasteiger partial charge < -0.3 is 9.64 Å². The van der Waals surface area contributed by atoms with E-state index in [0.29, 0.717) is 12.0 Å². The van der Waals surface area contributed by atoms with E-state index in [4.69, 9.17) is 4.74 Å². The Kier molecular flexibility index (Phi) is 8.44. The largest absolute Gasteiger partial charge is 0.378 e. The average Bonchev–Trinajstić information content (AvgIpc) is 2.48. The SMILES string of the molecule is C=C/C=C(\C)C[C@@H]1C(C(C)OCC)/C(=C\C=C/C)CCN1C. The first-order valence-corrected chi connectivity index (χ1v) is 8.46. The Morgan fingerprint density at radius 1 is 1.50 bits per heavy atom. The van der Waals surface area contributed by atoms with Gasteiger partial charge in [-0.3, -0.25) is 0 Å². The molecule has 0 radical (unpaired) electrons. The first-order chi connectivity index (χ1) is 10.5. The molecule has 0 saturated carbocycles. The quantitative estimate of drug-likeness (QED) is 0.629. The van der Waals surface area contributed by atoms with E-state index in [1.54, 1.807) is 0 Å². The van der Waals surface area contributed by atoms with E-state index in [9.17, 15) is 0 Å². The van der Waals surface area contributed by atoms with Crippen LogP contribution in [0.15, 0.2) is 48.1 Å². The highest BCUT2D eigenvalue weighted by molar-refractivity contribution is 5.22. The van der Waals surface area contributed by atoms with Gasteiger partial charge in [0.15, 0.2) is 0 Å². The van der Waals surface area contributed by atoms with E-state index in [0.717, 1.165) is 26.0 Å². The van der Waals surface area contributed by atoms with Crippen LogP contribution in [0.4, 0.5) is 0 Å². The molecule has 22 heavy (non-hydrogen) atoms. The van der Waals surface area contributed by atoms with Gasteiger partial charge in [0.05, 0.1) is 6.10 Å². The zero-order valence-electron chi connectivity index (χ0n) is 15.0. The summed E-state index contributed by atoms with van der Waals surface area (Å²) in [5.74, 6) is 0.447. The van der Waals surface area contributed by atoms with Crippen LogP contribution in [0.2, 0.25) is 0 Å². The van der Waals surface area contributed by atoms with Crippen LogP contribution in [-0.2, 0) is 4.74 Å².